The van der Waals surface area contributed by atoms with Crippen LogP contribution in [0, 0.1) is 11.6 Å². The fraction of sp³-hybridized carbons (Fsp3) is 0.222. The minimum absolute atomic E-state index is 0.433. The molecule has 0 aromatic heterocycles. The number of Topliss-reactive ketones (excluding diaryl/α,β-unsaturated/α-hetero) is 1. The van der Waals surface area contributed by atoms with Crippen LogP contribution in [0.1, 0.15) is 17.3 Å². The van der Waals surface area contributed by atoms with Crippen molar-refractivity contribution in [3.05, 3.63) is 29.3 Å². The van der Waals surface area contributed by atoms with Crippen molar-refractivity contribution in [1.29, 1.82) is 0 Å². The summed E-state index contributed by atoms with van der Waals surface area (Å²) in [4.78, 5) is 11.3. The van der Waals surface area contributed by atoms with Gasteiger partial charge >= 0.3 is 0 Å². The molecule has 5 heteroatoms. The van der Waals surface area contributed by atoms with E-state index in [2.05, 4.69) is 0 Å². The Morgan fingerprint density at radius 2 is 2.07 bits per heavy atom. The molecule has 14 heavy (non-hydrogen) atoms. The predicted octanol–water partition coefficient (Wildman–Crippen LogP) is 1.20. The molecule has 0 aliphatic carbocycles. The van der Waals surface area contributed by atoms with Crippen LogP contribution in [0.2, 0.25) is 0 Å². The fourth-order valence-corrected chi connectivity index (χ4v) is 0.999. The number of phenols is 1. The van der Waals surface area contributed by atoms with Crippen LogP contribution in [0.25, 0.3) is 0 Å². The Hall–Kier alpha value is -1.49. The van der Waals surface area contributed by atoms with Gasteiger partial charge < -0.3 is 10.8 Å². The standard InChI is InChI=1S/C9H9F2NO2/c1-4(12)8(13)6-2-5(10)3-7(11)9(6)14/h2-4,14H,12H2,1H3. The number of hydrogen-bond acceptors (Lipinski definition) is 3. The Morgan fingerprint density at radius 1 is 1.50 bits per heavy atom. The Kier molecular flexibility index (Phi) is 2.81. The van der Waals surface area contributed by atoms with E-state index in [1.807, 2.05) is 0 Å². The summed E-state index contributed by atoms with van der Waals surface area (Å²) < 4.78 is 25.5. The molecule has 0 radical (unpaired) electrons. The summed E-state index contributed by atoms with van der Waals surface area (Å²) in [6.45, 7) is 1.37. The van der Waals surface area contributed by atoms with Crippen LogP contribution < -0.4 is 5.73 Å². The Morgan fingerprint density at radius 3 is 2.57 bits per heavy atom. The maximum absolute atomic E-state index is 12.8. The highest BCUT2D eigenvalue weighted by Crippen LogP contribution is 2.23. The average Bonchev–Trinajstić information content (AvgIpc) is 2.09. The summed E-state index contributed by atoms with van der Waals surface area (Å²) in [6.07, 6.45) is 0. The third-order valence-corrected chi connectivity index (χ3v) is 1.71. The lowest BCUT2D eigenvalue weighted by Crippen LogP contribution is -2.26. The molecule has 0 fully saturated rings. The predicted molar refractivity (Wildman–Crippen MR) is 46.0 cm³/mol. The molecule has 1 aromatic rings. The quantitative estimate of drug-likeness (QED) is 0.706. The van der Waals surface area contributed by atoms with Crippen LogP contribution in [-0.2, 0) is 0 Å². The maximum atomic E-state index is 12.8. The van der Waals surface area contributed by atoms with Gasteiger partial charge in [-0.2, -0.15) is 0 Å². The fourth-order valence-electron chi connectivity index (χ4n) is 0.999. The minimum Gasteiger partial charge on any atom is -0.504 e. The summed E-state index contributed by atoms with van der Waals surface area (Å²) >= 11 is 0. The molecule has 3 nitrogen and oxygen atoms in total. The third-order valence-electron chi connectivity index (χ3n) is 1.71. The van der Waals surface area contributed by atoms with Gasteiger partial charge in [0.05, 0.1) is 11.6 Å². The Bertz CT molecular complexity index is 377. The van der Waals surface area contributed by atoms with Gasteiger partial charge in [-0.05, 0) is 13.0 Å². The molecule has 1 rings (SSSR count). The second-order valence-corrected chi connectivity index (χ2v) is 2.94. The van der Waals surface area contributed by atoms with Crippen molar-refractivity contribution >= 4 is 5.78 Å². The zero-order chi connectivity index (χ0) is 10.9. The highest BCUT2D eigenvalue weighted by Gasteiger charge is 2.19. The van der Waals surface area contributed by atoms with Crippen LogP contribution in [0.15, 0.2) is 12.1 Å². The normalized spacial score (nSPS) is 12.6. The topological polar surface area (TPSA) is 63.3 Å². The van der Waals surface area contributed by atoms with Gasteiger partial charge in [-0.15, -0.1) is 0 Å². The first-order valence-electron chi connectivity index (χ1n) is 3.91. The molecule has 1 atom stereocenters. The molecule has 0 amide bonds. The first-order chi connectivity index (χ1) is 6.43. The number of hydrogen-bond donors (Lipinski definition) is 2. The lowest BCUT2D eigenvalue weighted by Gasteiger charge is -2.07. The summed E-state index contributed by atoms with van der Waals surface area (Å²) in [6, 6.07) is 0.333. The van der Waals surface area contributed by atoms with E-state index in [-0.39, 0.29) is 0 Å². The number of aromatic hydroxyl groups is 1. The summed E-state index contributed by atoms with van der Waals surface area (Å²) in [5, 5.41) is 9.12. The van der Waals surface area contributed by atoms with E-state index in [4.69, 9.17) is 10.8 Å². The Labute approximate surface area is 79.2 Å². The highest BCUT2D eigenvalue weighted by atomic mass is 19.1. The third kappa shape index (κ3) is 1.88. The van der Waals surface area contributed by atoms with Crippen LogP contribution in [0.3, 0.4) is 0 Å². The van der Waals surface area contributed by atoms with Gasteiger partial charge in [0.2, 0.25) is 0 Å². The summed E-state index contributed by atoms with van der Waals surface area (Å²) in [7, 11) is 0. The number of rotatable bonds is 2. The molecule has 0 aliphatic heterocycles. The zero-order valence-corrected chi connectivity index (χ0v) is 7.42. The van der Waals surface area contributed by atoms with Crippen LogP contribution >= 0.6 is 0 Å². The molecule has 0 aliphatic rings. The number of benzene rings is 1. The van der Waals surface area contributed by atoms with Crippen LogP contribution in [0.5, 0.6) is 5.75 Å². The van der Waals surface area contributed by atoms with Gasteiger partial charge in [0.15, 0.2) is 17.3 Å². The van der Waals surface area contributed by atoms with Gasteiger partial charge in [0.25, 0.3) is 0 Å². The molecule has 0 saturated heterocycles. The molecule has 0 heterocycles. The number of halogens is 2. The maximum Gasteiger partial charge on any atom is 0.183 e. The zero-order valence-electron chi connectivity index (χ0n) is 7.42. The van der Waals surface area contributed by atoms with Crippen molar-refractivity contribution < 1.29 is 18.7 Å². The lowest BCUT2D eigenvalue weighted by atomic mass is 10.0. The van der Waals surface area contributed by atoms with Crippen molar-refractivity contribution in [2.75, 3.05) is 0 Å². The summed E-state index contributed by atoms with van der Waals surface area (Å²) in [5.74, 6) is -3.67. The first kappa shape index (κ1) is 10.6. The molecule has 1 unspecified atom stereocenters. The number of carbonyl (C=O) groups excluding carboxylic acids is 1. The van der Waals surface area contributed by atoms with Crippen LogP contribution in [-0.4, -0.2) is 16.9 Å². The SMILES string of the molecule is CC(N)C(=O)c1cc(F)cc(F)c1O. The average molecular weight is 201 g/mol. The minimum atomic E-state index is -1.17. The number of ketones is 1. The van der Waals surface area contributed by atoms with Crippen LogP contribution in [0.4, 0.5) is 8.78 Å². The summed E-state index contributed by atoms with van der Waals surface area (Å²) in [5.41, 5.74) is 4.80. The molecular formula is C9H9F2NO2. The molecule has 76 valence electrons. The van der Waals surface area contributed by atoms with E-state index in [1.54, 1.807) is 0 Å². The number of carbonyl (C=O) groups is 1. The first-order valence-corrected chi connectivity index (χ1v) is 3.91. The van der Waals surface area contributed by atoms with Crippen molar-refractivity contribution in [3.8, 4) is 5.75 Å². The van der Waals surface area contributed by atoms with E-state index in [0.717, 1.165) is 6.07 Å². The van der Waals surface area contributed by atoms with E-state index < -0.39 is 34.8 Å². The van der Waals surface area contributed by atoms with Crippen molar-refractivity contribution in [2.24, 2.45) is 5.73 Å². The second-order valence-electron chi connectivity index (χ2n) is 2.94. The monoisotopic (exact) mass is 201 g/mol. The second kappa shape index (κ2) is 3.71. The molecule has 0 saturated carbocycles. The van der Waals surface area contributed by atoms with Gasteiger partial charge in [-0.3, -0.25) is 4.79 Å². The van der Waals surface area contributed by atoms with E-state index in [0.29, 0.717) is 6.07 Å². The van der Waals surface area contributed by atoms with E-state index in [1.165, 1.54) is 6.92 Å². The van der Waals surface area contributed by atoms with E-state index >= 15 is 0 Å². The molecule has 3 N–H and O–H groups in total. The van der Waals surface area contributed by atoms with Crippen molar-refractivity contribution in [1.82, 2.24) is 0 Å². The molecule has 1 aromatic carbocycles. The number of phenolic OH excluding ortho intramolecular Hbond substituents is 1. The highest BCUT2D eigenvalue weighted by molar-refractivity contribution is 6.01. The smallest absolute Gasteiger partial charge is 0.183 e. The molecule has 0 bridgehead atoms. The number of nitrogens with two attached hydrogens (primary N) is 1. The van der Waals surface area contributed by atoms with Crippen molar-refractivity contribution in [2.45, 2.75) is 13.0 Å². The van der Waals surface area contributed by atoms with Gasteiger partial charge in [0.1, 0.15) is 5.82 Å². The molecule has 0 spiro atoms. The Balaban J connectivity index is 3.27. The largest absolute Gasteiger partial charge is 0.504 e. The lowest BCUT2D eigenvalue weighted by molar-refractivity contribution is 0.0964. The van der Waals surface area contributed by atoms with Gasteiger partial charge in [-0.1, -0.05) is 0 Å². The molecular weight excluding hydrogens is 192 g/mol. The van der Waals surface area contributed by atoms with Crippen molar-refractivity contribution in [3.63, 3.8) is 0 Å². The van der Waals surface area contributed by atoms with Gasteiger partial charge in [-0.25, -0.2) is 8.78 Å². The van der Waals surface area contributed by atoms with Gasteiger partial charge in [0, 0.05) is 6.07 Å². The van der Waals surface area contributed by atoms with E-state index in [9.17, 15) is 13.6 Å².